The Labute approximate surface area is 95.4 Å². The van der Waals surface area contributed by atoms with Crippen LogP contribution in [0.5, 0.6) is 0 Å². The number of nitrogens with zero attached hydrogens (tertiary/aromatic N) is 1. The number of halogens is 3. The van der Waals surface area contributed by atoms with Gasteiger partial charge in [-0.1, -0.05) is 0 Å². The zero-order chi connectivity index (χ0) is 13.9. The predicted molar refractivity (Wildman–Crippen MR) is 51.2 cm³/mol. The summed E-state index contributed by atoms with van der Waals surface area (Å²) in [6.07, 6.45) is 3.61. The van der Waals surface area contributed by atoms with Crippen LogP contribution in [0.3, 0.4) is 0 Å². The summed E-state index contributed by atoms with van der Waals surface area (Å²) >= 11 is 0. The Bertz CT molecular complexity index is 460. The van der Waals surface area contributed by atoms with Gasteiger partial charge in [0.1, 0.15) is 6.20 Å². The van der Waals surface area contributed by atoms with Gasteiger partial charge in [0.2, 0.25) is 5.94 Å². The van der Waals surface area contributed by atoms with Gasteiger partial charge in [-0.25, -0.2) is 9.28 Å². The number of alkyl halides is 3. The van der Waals surface area contributed by atoms with Crippen LogP contribution in [0, 0.1) is 0 Å². The van der Waals surface area contributed by atoms with Crippen LogP contribution in [0.25, 0.3) is 0 Å². The highest BCUT2D eigenvalue weighted by molar-refractivity contribution is 7.86. The van der Waals surface area contributed by atoms with Crippen LogP contribution in [0.1, 0.15) is 0 Å². The minimum absolute atomic E-state index is 0.462. The van der Waals surface area contributed by atoms with E-state index >= 15 is 0 Å². The maximum absolute atomic E-state index is 10.7. The fourth-order valence-corrected chi connectivity index (χ4v) is 0.691. The monoisotopic (exact) mass is 275 g/mol. The van der Waals surface area contributed by atoms with E-state index in [1.54, 1.807) is 6.20 Å². The fourth-order valence-electron chi connectivity index (χ4n) is 0.691. The molecular formula is C7H10F3N2O4S+. The Morgan fingerprint density at radius 3 is 1.94 bits per heavy atom. The summed E-state index contributed by atoms with van der Waals surface area (Å²) in [6, 6.07) is 0. The van der Waals surface area contributed by atoms with Crippen molar-refractivity contribution in [3.63, 3.8) is 0 Å². The molecule has 0 bridgehead atoms. The van der Waals surface area contributed by atoms with Crippen molar-refractivity contribution in [1.82, 2.24) is 5.32 Å². The number of hydrogen-bond acceptors (Lipinski definition) is 4. The second kappa shape index (κ2) is 4.88. The van der Waals surface area contributed by atoms with Crippen molar-refractivity contribution in [2.45, 2.75) is 5.51 Å². The van der Waals surface area contributed by atoms with Crippen LogP contribution in [-0.4, -0.2) is 43.0 Å². The number of hydrogen-bond donors (Lipinski definition) is 2. The smallest absolute Gasteiger partial charge is 0.302 e. The maximum atomic E-state index is 10.7. The summed E-state index contributed by atoms with van der Waals surface area (Å²) in [5.41, 5.74) is -5.53. The first kappa shape index (κ1) is 15.7. The molecule has 0 unspecified atom stereocenters. The topological polar surface area (TPSA) is 83.5 Å². The van der Waals surface area contributed by atoms with E-state index in [-0.39, 0.29) is 0 Å². The van der Waals surface area contributed by atoms with Gasteiger partial charge in [0, 0.05) is 0 Å². The molecular weight excluding hydrogens is 265 g/mol. The third-order valence-electron chi connectivity index (χ3n) is 1.63. The lowest BCUT2D eigenvalue weighted by molar-refractivity contribution is -0.794. The third kappa shape index (κ3) is 4.57. The molecule has 0 spiro atoms. The summed E-state index contributed by atoms with van der Waals surface area (Å²) in [6.45, 7) is 0. The van der Waals surface area contributed by atoms with Gasteiger partial charge in [0.25, 0.3) is 5.82 Å². The molecule has 1 rings (SSSR count). The molecule has 0 fully saturated rings. The van der Waals surface area contributed by atoms with Crippen LogP contribution in [-0.2, 0) is 14.9 Å². The first-order valence-electron chi connectivity index (χ1n) is 3.99. The van der Waals surface area contributed by atoms with Gasteiger partial charge in [-0.05, 0) is 0 Å². The summed E-state index contributed by atoms with van der Waals surface area (Å²) in [7, 11) is -2.04. The normalized spacial score (nSPS) is 17.9. The molecule has 1 heterocycles. The Balaban J connectivity index is 0.000000304. The zero-order valence-electron chi connectivity index (χ0n) is 8.82. The number of rotatable bonds is 0. The highest BCUT2D eigenvalue weighted by Crippen LogP contribution is 2.20. The van der Waals surface area contributed by atoms with Gasteiger partial charge < -0.3 is 5.32 Å². The van der Waals surface area contributed by atoms with Gasteiger partial charge in [0.15, 0.2) is 0 Å². The van der Waals surface area contributed by atoms with Crippen molar-refractivity contribution < 1.29 is 35.4 Å². The lowest BCUT2D eigenvalue weighted by atomic mass is 10.6. The molecule has 98 valence electrons. The van der Waals surface area contributed by atoms with Crippen LogP contribution in [0.15, 0.2) is 18.2 Å². The molecule has 10 heteroatoms. The molecule has 1 aliphatic heterocycles. The van der Waals surface area contributed by atoms with E-state index in [1.807, 2.05) is 26.2 Å². The molecule has 6 nitrogen and oxygen atoms in total. The number of nitrogens with one attached hydrogen (secondary N) is 1. The van der Waals surface area contributed by atoms with Gasteiger partial charge in [-0.2, -0.15) is 21.6 Å². The summed E-state index contributed by atoms with van der Waals surface area (Å²) < 4.78 is 58.0. The van der Waals surface area contributed by atoms with E-state index in [0.717, 1.165) is 0 Å². The Morgan fingerprint density at radius 2 is 1.82 bits per heavy atom. The molecule has 17 heavy (non-hydrogen) atoms. The van der Waals surface area contributed by atoms with Crippen molar-refractivity contribution >= 4 is 16.1 Å². The van der Waals surface area contributed by atoms with E-state index in [0.29, 0.717) is 10.3 Å². The SMILES string of the molecule is C[N+]1(C)C=CNC1=C=O.O=S(=O)(O)C(F)(F)F. The summed E-state index contributed by atoms with van der Waals surface area (Å²) in [5.74, 6) is 2.37. The van der Waals surface area contributed by atoms with Crippen LogP contribution in [0.4, 0.5) is 13.2 Å². The van der Waals surface area contributed by atoms with Crippen molar-refractivity contribution in [2.24, 2.45) is 0 Å². The van der Waals surface area contributed by atoms with Gasteiger partial charge >= 0.3 is 15.6 Å². The summed E-state index contributed by atoms with van der Waals surface area (Å²) in [5, 5.41) is 2.78. The predicted octanol–water partition coefficient (Wildman–Crippen LogP) is 0.204. The molecule has 0 aromatic heterocycles. The second-order valence-corrected chi connectivity index (χ2v) is 4.78. The average molecular weight is 275 g/mol. The standard InChI is InChI=1S/C6H9N2O.CHF3O3S/c1-8(2)4-3-7-6(8)5-9;2-1(3,4)8(5,6)7/h3-4,7H,1-2H3;(H,5,6,7)/q+1;. The number of quaternary nitrogens is 1. The molecule has 0 aromatic carbocycles. The first-order valence-corrected chi connectivity index (χ1v) is 5.43. The molecule has 0 aliphatic carbocycles. The van der Waals surface area contributed by atoms with Gasteiger partial charge in [0.05, 0.1) is 20.3 Å². The van der Waals surface area contributed by atoms with Crippen molar-refractivity contribution in [3.8, 4) is 0 Å². The highest BCUT2D eigenvalue weighted by atomic mass is 32.2. The van der Waals surface area contributed by atoms with Crippen molar-refractivity contribution in [2.75, 3.05) is 14.1 Å². The third-order valence-corrected chi connectivity index (χ3v) is 2.22. The lowest BCUT2D eigenvalue weighted by Crippen LogP contribution is -2.32. The first-order chi connectivity index (χ1) is 7.42. The summed E-state index contributed by atoms with van der Waals surface area (Å²) in [4.78, 5) is 10.1. The Kier molecular flexibility index (Phi) is 4.49. The molecule has 0 saturated heterocycles. The Morgan fingerprint density at radius 1 is 1.41 bits per heavy atom. The van der Waals surface area contributed by atoms with E-state index < -0.39 is 15.6 Å². The quantitative estimate of drug-likeness (QED) is 0.286. The second-order valence-electron chi connectivity index (χ2n) is 3.37. The molecule has 1 aliphatic rings. The molecule has 0 aromatic rings. The minimum atomic E-state index is -5.84. The lowest BCUT2D eigenvalue weighted by Gasteiger charge is -2.16. The molecule has 0 amide bonds. The molecule has 0 atom stereocenters. The van der Waals surface area contributed by atoms with Gasteiger partial charge in [-0.15, -0.1) is 0 Å². The maximum Gasteiger partial charge on any atom is 0.522 e. The molecule has 0 saturated carbocycles. The van der Waals surface area contributed by atoms with Crippen molar-refractivity contribution in [1.29, 1.82) is 0 Å². The Hall–Kier alpha value is -1.35. The average Bonchev–Trinajstić information content (AvgIpc) is 2.41. The van der Waals surface area contributed by atoms with E-state index in [1.165, 1.54) is 0 Å². The van der Waals surface area contributed by atoms with E-state index in [2.05, 4.69) is 5.32 Å². The highest BCUT2D eigenvalue weighted by Gasteiger charge is 2.44. The molecule has 2 N–H and O–H groups in total. The van der Waals surface area contributed by atoms with Crippen molar-refractivity contribution in [3.05, 3.63) is 18.2 Å². The fraction of sp³-hybridized carbons (Fsp3) is 0.429. The van der Waals surface area contributed by atoms with Crippen LogP contribution < -0.4 is 5.32 Å². The van der Waals surface area contributed by atoms with E-state index in [9.17, 15) is 18.0 Å². The molecule has 0 radical (unpaired) electrons. The largest absolute Gasteiger partial charge is 0.522 e. The number of carbonyl (C=O) groups excluding carboxylic acids is 1. The van der Waals surface area contributed by atoms with Gasteiger partial charge in [-0.3, -0.25) is 4.55 Å². The van der Waals surface area contributed by atoms with E-state index in [4.69, 9.17) is 13.0 Å². The van der Waals surface area contributed by atoms with Crippen LogP contribution in [0.2, 0.25) is 0 Å². The van der Waals surface area contributed by atoms with Crippen LogP contribution >= 0.6 is 0 Å². The zero-order valence-corrected chi connectivity index (χ0v) is 9.63. The minimum Gasteiger partial charge on any atom is -0.302 e.